The molecule has 1 unspecified atom stereocenters. The van der Waals surface area contributed by atoms with Crippen LogP contribution in [0.3, 0.4) is 0 Å². The smallest absolute Gasteiger partial charge is 0.407 e. The zero-order valence-electron chi connectivity index (χ0n) is 11.2. The highest BCUT2D eigenvalue weighted by molar-refractivity contribution is 5.67. The van der Waals surface area contributed by atoms with Crippen molar-refractivity contribution in [1.82, 2.24) is 5.32 Å². The van der Waals surface area contributed by atoms with Gasteiger partial charge < -0.3 is 20.5 Å². The Balaban J connectivity index is 4.28. The summed E-state index contributed by atoms with van der Waals surface area (Å²) in [4.78, 5) is 21.9. The summed E-state index contributed by atoms with van der Waals surface area (Å²) in [6.07, 6.45) is 0.861. The van der Waals surface area contributed by atoms with Crippen LogP contribution in [0, 0.1) is 5.41 Å². The lowest BCUT2D eigenvalue weighted by Crippen LogP contribution is -2.36. The second-order valence-corrected chi connectivity index (χ2v) is 4.79. The molecule has 0 rings (SSSR count). The maximum atomic E-state index is 11.4. The van der Waals surface area contributed by atoms with Crippen molar-refractivity contribution in [3.8, 4) is 0 Å². The molecule has 0 radical (unpaired) electrons. The van der Waals surface area contributed by atoms with Gasteiger partial charge in [0.1, 0.15) is 13.2 Å². The average molecular weight is 258 g/mol. The SMILES string of the molecule is C=CCC(C)(COC(N)=O)COC(=O)NC(C)C. The number of allylic oxidation sites excluding steroid dienone is 1. The number of primary amides is 1. The second kappa shape index (κ2) is 7.58. The number of rotatable bonds is 7. The quantitative estimate of drug-likeness (QED) is 0.681. The van der Waals surface area contributed by atoms with Gasteiger partial charge in [-0.1, -0.05) is 13.0 Å². The Morgan fingerprint density at radius 1 is 1.39 bits per heavy atom. The van der Waals surface area contributed by atoms with Gasteiger partial charge >= 0.3 is 12.2 Å². The minimum Gasteiger partial charge on any atom is -0.449 e. The maximum absolute atomic E-state index is 11.4. The van der Waals surface area contributed by atoms with E-state index in [0.29, 0.717) is 6.42 Å². The van der Waals surface area contributed by atoms with Crippen molar-refractivity contribution in [2.45, 2.75) is 33.2 Å². The number of hydrogen-bond acceptors (Lipinski definition) is 4. The molecule has 18 heavy (non-hydrogen) atoms. The normalized spacial score (nSPS) is 13.6. The lowest BCUT2D eigenvalue weighted by molar-refractivity contribution is 0.0403. The number of carbonyl (C=O) groups is 2. The van der Waals surface area contributed by atoms with Crippen LogP contribution in [0.15, 0.2) is 12.7 Å². The maximum Gasteiger partial charge on any atom is 0.407 e. The Morgan fingerprint density at radius 2 is 1.94 bits per heavy atom. The highest BCUT2D eigenvalue weighted by Crippen LogP contribution is 2.23. The fourth-order valence-electron chi connectivity index (χ4n) is 1.27. The molecule has 0 saturated heterocycles. The number of ether oxygens (including phenoxy) is 2. The molecule has 2 amide bonds. The van der Waals surface area contributed by atoms with Gasteiger partial charge in [-0.3, -0.25) is 0 Å². The van der Waals surface area contributed by atoms with Gasteiger partial charge in [0.05, 0.1) is 0 Å². The largest absolute Gasteiger partial charge is 0.449 e. The predicted molar refractivity (Wildman–Crippen MR) is 68.1 cm³/mol. The Morgan fingerprint density at radius 3 is 2.39 bits per heavy atom. The summed E-state index contributed by atoms with van der Waals surface area (Å²) in [5, 5.41) is 2.60. The molecule has 6 heteroatoms. The van der Waals surface area contributed by atoms with Crippen LogP contribution in [0.25, 0.3) is 0 Å². The van der Waals surface area contributed by atoms with Crippen molar-refractivity contribution in [3.63, 3.8) is 0 Å². The van der Waals surface area contributed by atoms with Crippen molar-refractivity contribution >= 4 is 12.2 Å². The molecule has 0 aromatic rings. The van der Waals surface area contributed by atoms with E-state index in [0.717, 1.165) is 0 Å². The van der Waals surface area contributed by atoms with Crippen LogP contribution in [0.4, 0.5) is 9.59 Å². The molecule has 0 bridgehead atoms. The van der Waals surface area contributed by atoms with Crippen LogP contribution < -0.4 is 11.1 Å². The van der Waals surface area contributed by atoms with Crippen LogP contribution in [-0.4, -0.2) is 31.4 Å². The van der Waals surface area contributed by atoms with E-state index < -0.39 is 17.6 Å². The van der Waals surface area contributed by atoms with Crippen LogP contribution in [0.2, 0.25) is 0 Å². The molecule has 6 nitrogen and oxygen atoms in total. The molecule has 0 aliphatic rings. The highest BCUT2D eigenvalue weighted by atomic mass is 16.6. The molecular formula is C12H22N2O4. The number of nitrogens with one attached hydrogen (secondary N) is 1. The third-order valence-electron chi connectivity index (χ3n) is 2.16. The molecule has 0 aromatic carbocycles. The number of hydrogen-bond donors (Lipinski definition) is 2. The predicted octanol–water partition coefficient (Wildman–Crippen LogP) is 1.80. The lowest BCUT2D eigenvalue weighted by atomic mass is 9.89. The summed E-state index contributed by atoms with van der Waals surface area (Å²) in [6.45, 7) is 9.30. The van der Waals surface area contributed by atoms with E-state index in [1.54, 1.807) is 6.08 Å². The van der Waals surface area contributed by atoms with Crippen LogP contribution in [0.1, 0.15) is 27.2 Å². The van der Waals surface area contributed by atoms with Gasteiger partial charge in [0, 0.05) is 11.5 Å². The molecule has 0 heterocycles. The van der Waals surface area contributed by atoms with E-state index in [1.807, 2.05) is 20.8 Å². The van der Waals surface area contributed by atoms with E-state index in [2.05, 4.69) is 11.9 Å². The molecule has 0 aliphatic carbocycles. The standard InChI is InChI=1S/C12H22N2O4/c1-5-6-12(4,7-17-10(13)15)8-18-11(16)14-9(2)3/h5,9H,1,6-8H2,2-4H3,(H2,13,15)(H,14,16). The van der Waals surface area contributed by atoms with Crippen molar-refractivity contribution in [1.29, 1.82) is 0 Å². The second-order valence-electron chi connectivity index (χ2n) is 4.79. The summed E-state index contributed by atoms with van der Waals surface area (Å²) < 4.78 is 9.83. The average Bonchev–Trinajstić information content (AvgIpc) is 2.24. The van der Waals surface area contributed by atoms with Gasteiger partial charge in [-0.2, -0.15) is 0 Å². The van der Waals surface area contributed by atoms with Crippen LogP contribution in [0.5, 0.6) is 0 Å². The summed E-state index contributed by atoms with van der Waals surface area (Å²) in [5.74, 6) is 0. The van der Waals surface area contributed by atoms with Gasteiger partial charge in [0.15, 0.2) is 0 Å². The van der Waals surface area contributed by atoms with E-state index in [1.165, 1.54) is 0 Å². The summed E-state index contributed by atoms with van der Waals surface area (Å²) in [5.41, 5.74) is 4.39. The fraction of sp³-hybridized carbons (Fsp3) is 0.667. The van der Waals surface area contributed by atoms with Crippen molar-refractivity contribution in [3.05, 3.63) is 12.7 Å². The Labute approximate surface area is 108 Å². The Hall–Kier alpha value is -1.72. The summed E-state index contributed by atoms with van der Waals surface area (Å²) in [6, 6.07) is 0.00466. The van der Waals surface area contributed by atoms with E-state index >= 15 is 0 Å². The fourth-order valence-corrected chi connectivity index (χ4v) is 1.27. The molecule has 104 valence electrons. The molecule has 0 aromatic heterocycles. The summed E-state index contributed by atoms with van der Waals surface area (Å²) >= 11 is 0. The lowest BCUT2D eigenvalue weighted by Gasteiger charge is -2.27. The molecule has 1 atom stereocenters. The first-order valence-corrected chi connectivity index (χ1v) is 5.75. The number of amides is 2. The highest BCUT2D eigenvalue weighted by Gasteiger charge is 2.27. The first kappa shape index (κ1) is 16.3. The monoisotopic (exact) mass is 258 g/mol. The van der Waals surface area contributed by atoms with Gasteiger partial charge in [0.2, 0.25) is 0 Å². The van der Waals surface area contributed by atoms with Gasteiger partial charge in [0.25, 0.3) is 0 Å². The van der Waals surface area contributed by atoms with Crippen molar-refractivity contribution < 1.29 is 19.1 Å². The molecule has 0 saturated carbocycles. The van der Waals surface area contributed by atoms with Crippen molar-refractivity contribution in [2.24, 2.45) is 11.1 Å². The molecule has 0 aliphatic heterocycles. The van der Waals surface area contributed by atoms with Gasteiger partial charge in [-0.15, -0.1) is 6.58 Å². The van der Waals surface area contributed by atoms with E-state index in [4.69, 9.17) is 15.2 Å². The number of carbonyl (C=O) groups excluding carboxylic acids is 2. The number of alkyl carbamates (subject to hydrolysis) is 1. The summed E-state index contributed by atoms with van der Waals surface area (Å²) in [7, 11) is 0. The topological polar surface area (TPSA) is 90.7 Å². The van der Waals surface area contributed by atoms with E-state index in [-0.39, 0.29) is 19.3 Å². The first-order chi connectivity index (χ1) is 8.29. The molecular weight excluding hydrogens is 236 g/mol. The zero-order chi connectivity index (χ0) is 14.2. The minimum atomic E-state index is -0.850. The molecule has 3 N–H and O–H groups in total. The van der Waals surface area contributed by atoms with Crippen molar-refractivity contribution in [2.75, 3.05) is 13.2 Å². The first-order valence-electron chi connectivity index (χ1n) is 5.75. The van der Waals surface area contributed by atoms with Crippen LogP contribution in [-0.2, 0) is 9.47 Å². The Kier molecular flexibility index (Phi) is 6.85. The van der Waals surface area contributed by atoms with Crippen LogP contribution >= 0.6 is 0 Å². The van der Waals surface area contributed by atoms with E-state index in [9.17, 15) is 9.59 Å². The minimum absolute atomic E-state index is 0.00466. The number of nitrogens with two attached hydrogens (primary N) is 1. The third kappa shape index (κ3) is 7.54. The van der Waals surface area contributed by atoms with Gasteiger partial charge in [-0.05, 0) is 20.3 Å². The van der Waals surface area contributed by atoms with Gasteiger partial charge in [-0.25, -0.2) is 9.59 Å². The zero-order valence-corrected chi connectivity index (χ0v) is 11.2. The Bertz CT molecular complexity index is 304. The molecule has 0 spiro atoms. The molecule has 0 fully saturated rings. The third-order valence-corrected chi connectivity index (χ3v) is 2.16.